The molecule has 28 heavy (non-hydrogen) atoms. The molecule has 0 atom stereocenters. The molecule has 4 nitrogen and oxygen atoms in total. The second-order valence-electron chi connectivity index (χ2n) is 6.35. The maximum atomic E-state index is 13.0. The number of aromatic nitrogens is 3. The van der Waals surface area contributed by atoms with Gasteiger partial charge in [-0.15, -0.1) is 22.7 Å². The molecule has 0 aliphatic rings. The monoisotopic (exact) mass is 421 g/mol. The van der Waals surface area contributed by atoms with E-state index in [4.69, 9.17) is 9.97 Å². The van der Waals surface area contributed by atoms with Crippen LogP contribution in [0.3, 0.4) is 0 Å². The normalized spacial score (nSPS) is 11.5. The fourth-order valence-corrected chi connectivity index (χ4v) is 5.80. The van der Waals surface area contributed by atoms with Crippen molar-refractivity contribution in [3.63, 3.8) is 0 Å². The van der Waals surface area contributed by atoms with Gasteiger partial charge in [-0.1, -0.05) is 42.1 Å². The number of hydrogen-bond acceptors (Lipinski definition) is 6. The van der Waals surface area contributed by atoms with Gasteiger partial charge in [-0.2, -0.15) is 0 Å². The van der Waals surface area contributed by atoms with Crippen molar-refractivity contribution in [3.05, 3.63) is 75.3 Å². The predicted octanol–water partition coefficient (Wildman–Crippen LogP) is 5.56. The molecule has 0 unspecified atom stereocenters. The van der Waals surface area contributed by atoms with Crippen LogP contribution in [0, 0.1) is 0 Å². The standard InChI is InChI=1S/C21H15N3OS3/c1-24-20(25)18-15(17-7-4-10-26-17)12-27-19(18)23-21(24)28-11-14-9-8-13-5-2-3-6-16(13)22-14/h2-10,12H,11H2,1H3. The predicted molar refractivity (Wildman–Crippen MR) is 119 cm³/mol. The van der Waals surface area contributed by atoms with E-state index in [0.29, 0.717) is 16.3 Å². The molecular weight excluding hydrogens is 406 g/mol. The number of hydrogen-bond donors (Lipinski definition) is 0. The lowest BCUT2D eigenvalue weighted by atomic mass is 10.2. The second kappa shape index (κ2) is 7.16. The Balaban J connectivity index is 1.49. The second-order valence-corrected chi connectivity index (χ2v) is 9.10. The summed E-state index contributed by atoms with van der Waals surface area (Å²) in [7, 11) is 1.79. The van der Waals surface area contributed by atoms with Crippen LogP contribution in [0.2, 0.25) is 0 Å². The van der Waals surface area contributed by atoms with Gasteiger partial charge in [-0.3, -0.25) is 14.3 Å². The Morgan fingerprint density at radius 3 is 2.79 bits per heavy atom. The van der Waals surface area contributed by atoms with Gasteiger partial charge >= 0.3 is 0 Å². The van der Waals surface area contributed by atoms with Crippen molar-refractivity contribution in [2.24, 2.45) is 7.05 Å². The first-order valence-corrected chi connectivity index (χ1v) is 11.4. The van der Waals surface area contributed by atoms with Gasteiger partial charge in [-0.05, 0) is 23.6 Å². The van der Waals surface area contributed by atoms with Crippen molar-refractivity contribution in [1.82, 2.24) is 14.5 Å². The summed E-state index contributed by atoms with van der Waals surface area (Å²) >= 11 is 4.71. The maximum Gasteiger partial charge on any atom is 0.263 e. The van der Waals surface area contributed by atoms with Crippen LogP contribution in [0.4, 0.5) is 0 Å². The van der Waals surface area contributed by atoms with Crippen LogP contribution in [-0.2, 0) is 12.8 Å². The van der Waals surface area contributed by atoms with Crippen molar-refractivity contribution in [3.8, 4) is 10.4 Å². The number of pyridine rings is 1. The van der Waals surface area contributed by atoms with Gasteiger partial charge in [0, 0.05) is 34.0 Å². The minimum atomic E-state index is 0.00335. The van der Waals surface area contributed by atoms with E-state index in [0.717, 1.165) is 31.9 Å². The first kappa shape index (κ1) is 17.6. The van der Waals surface area contributed by atoms with Gasteiger partial charge < -0.3 is 0 Å². The molecule has 0 saturated carbocycles. The van der Waals surface area contributed by atoms with E-state index in [1.54, 1.807) is 34.7 Å². The molecule has 0 fully saturated rings. The Hall–Kier alpha value is -2.48. The number of fused-ring (bicyclic) bond motifs is 2. The number of benzene rings is 1. The number of thioether (sulfide) groups is 1. The summed E-state index contributed by atoms with van der Waals surface area (Å²) in [6, 6.07) is 16.2. The summed E-state index contributed by atoms with van der Waals surface area (Å²) in [5.74, 6) is 0.666. The van der Waals surface area contributed by atoms with Crippen molar-refractivity contribution in [2.45, 2.75) is 10.9 Å². The third kappa shape index (κ3) is 3.05. The zero-order valence-corrected chi connectivity index (χ0v) is 17.4. The highest BCUT2D eigenvalue weighted by atomic mass is 32.2. The molecule has 7 heteroatoms. The smallest absolute Gasteiger partial charge is 0.263 e. The third-order valence-corrected chi connectivity index (χ3v) is 7.40. The van der Waals surface area contributed by atoms with Gasteiger partial charge in [0.25, 0.3) is 5.56 Å². The number of nitrogens with zero attached hydrogens (tertiary/aromatic N) is 3. The largest absolute Gasteiger partial charge is 0.290 e. The molecule has 0 aliphatic carbocycles. The molecule has 4 heterocycles. The number of rotatable bonds is 4. The molecule has 0 spiro atoms. The molecule has 4 aromatic heterocycles. The molecule has 5 aromatic rings. The molecule has 5 rings (SSSR count). The Kier molecular flexibility index (Phi) is 4.50. The minimum absolute atomic E-state index is 0.00335. The highest BCUT2D eigenvalue weighted by Gasteiger charge is 2.16. The summed E-state index contributed by atoms with van der Waals surface area (Å²) in [5.41, 5.74) is 2.94. The minimum Gasteiger partial charge on any atom is -0.290 e. The highest BCUT2D eigenvalue weighted by molar-refractivity contribution is 7.98. The highest BCUT2D eigenvalue weighted by Crippen LogP contribution is 2.34. The zero-order chi connectivity index (χ0) is 19.1. The quantitative estimate of drug-likeness (QED) is 0.281. The van der Waals surface area contributed by atoms with Gasteiger partial charge in [0.15, 0.2) is 5.16 Å². The molecule has 0 radical (unpaired) electrons. The zero-order valence-electron chi connectivity index (χ0n) is 15.0. The van der Waals surface area contributed by atoms with E-state index >= 15 is 0 Å². The molecular formula is C21H15N3OS3. The molecule has 0 saturated heterocycles. The van der Waals surface area contributed by atoms with E-state index in [1.807, 2.05) is 47.2 Å². The summed E-state index contributed by atoms with van der Waals surface area (Å²) in [5, 5.41) is 6.61. The van der Waals surface area contributed by atoms with E-state index in [-0.39, 0.29) is 5.56 Å². The lowest BCUT2D eigenvalue weighted by molar-refractivity contribution is 0.728. The topological polar surface area (TPSA) is 47.8 Å². The molecule has 1 aromatic carbocycles. The van der Waals surface area contributed by atoms with Crippen LogP contribution in [0.25, 0.3) is 31.6 Å². The van der Waals surface area contributed by atoms with Gasteiger partial charge in [0.1, 0.15) is 4.83 Å². The van der Waals surface area contributed by atoms with Crippen LogP contribution < -0.4 is 5.56 Å². The summed E-state index contributed by atoms with van der Waals surface area (Å²) < 4.78 is 1.65. The van der Waals surface area contributed by atoms with E-state index < -0.39 is 0 Å². The third-order valence-electron chi connectivity index (χ3n) is 4.57. The van der Waals surface area contributed by atoms with Crippen LogP contribution in [0.5, 0.6) is 0 Å². The summed E-state index contributed by atoms with van der Waals surface area (Å²) in [4.78, 5) is 24.4. The first-order chi connectivity index (χ1) is 13.7. The Morgan fingerprint density at radius 1 is 1.04 bits per heavy atom. The van der Waals surface area contributed by atoms with E-state index in [2.05, 4.69) is 12.1 Å². The SMILES string of the molecule is Cn1c(SCc2ccc3ccccc3n2)nc2scc(-c3cccs3)c2c1=O. The lowest BCUT2D eigenvalue weighted by Gasteiger charge is -2.08. The average molecular weight is 422 g/mol. The Labute approximate surface area is 173 Å². The van der Waals surface area contributed by atoms with Gasteiger partial charge in [-0.25, -0.2) is 4.98 Å². The van der Waals surface area contributed by atoms with Gasteiger partial charge in [0.2, 0.25) is 0 Å². The first-order valence-electron chi connectivity index (χ1n) is 8.70. The molecule has 138 valence electrons. The van der Waals surface area contributed by atoms with Crippen molar-refractivity contribution in [2.75, 3.05) is 0 Å². The molecule has 0 bridgehead atoms. The molecule has 0 N–H and O–H groups in total. The number of thiophene rings is 2. The summed E-state index contributed by atoms with van der Waals surface area (Å²) in [6.07, 6.45) is 0. The fraction of sp³-hybridized carbons (Fsp3) is 0.0952. The molecule has 0 aliphatic heterocycles. The van der Waals surface area contributed by atoms with Crippen molar-refractivity contribution < 1.29 is 0 Å². The van der Waals surface area contributed by atoms with E-state index in [9.17, 15) is 4.79 Å². The molecule has 0 amide bonds. The summed E-state index contributed by atoms with van der Waals surface area (Å²) in [6.45, 7) is 0. The van der Waals surface area contributed by atoms with E-state index in [1.165, 1.54) is 11.3 Å². The van der Waals surface area contributed by atoms with Crippen LogP contribution in [0.1, 0.15) is 5.69 Å². The van der Waals surface area contributed by atoms with Crippen molar-refractivity contribution in [1.29, 1.82) is 0 Å². The van der Waals surface area contributed by atoms with Crippen LogP contribution in [-0.4, -0.2) is 14.5 Å². The fourth-order valence-electron chi connectivity index (χ4n) is 3.12. The Bertz CT molecular complexity index is 1350. The average Bonchev–Trinajstić information content (AvgIpc) is 3.39. The van der Waals surface area contributed by atoms with Gasteiger partial charge in [0.05, 0.1) is 16.6 Å². The number of para-hydroxylation sites is 1. The van der Waals surface area contributed by atoms with Crippen LogP contribution >= 0.6 is 34.4 Å². The lowest BCUT2D eigenvalue weighted by Crippen LogP contribution is -2.19. The Morgan fingerprint density at radius 2 is 1.93 bits per heavy atom. The van der Waals surface area contributed by atoms with Crippen LogP contribution in [0.15, 0.2) is 69.2 Å². The van der Waals surface area contributed by atoms with Crippen molar-refractivity contribution >= 4 is 55.6 Å². The maximum absolute atomic E-state index is 13.0.